The maximum absolute atomic E-state index is 13.5. The van der Waals surface area contributed by atoms with Crippen molar-refractivity contribution in [2.45, 2.75) is 30.9 Å². The minimum absolute atomic E-state index is 0.0530. The lowest BCUT2D eigenvalue weighted by atomic mass is 9.92. The van der Waals surface area contributed by atoms with Crippen LogP contribution < -0.4 is 16.0 Å². The summed E-state index contributed by atoms with van der Waals surface area (Å²) in [6.07, 6.45) is -8.50. The minimum Gasteiger partial charge on any atom is -0.394 e. The number of hydrogen-bond acceptors (Lipinski definition) is 5. The first-order valence-electron chi connectivity index (χ1n) is 9.35. The van der Waals surface area contributed by atoms with E-state index in [0.29, 0.717) is 0 Å². The summed E-state index contributed by atoms with van der Waals surface area (Å²) in [7, 11) is 0. The second kappa shape index (κ2) is 8.50. The first kappa shape index (κ1) is 23.1. The Kier molecular flexibility index (Phi) is 6.33. The number of aliphatic hydroxyl groups is 1. The summed E-state index contributed by atoms with van der Waals surface area (Å²) in [4.78, 5) is 17.1. The van der Waals surface area contributed by atoms with Gasteiger partial charge in [0.1, 0.15) is 6.04 Å². The second-order valence-corrected chi connectivity index (χ2v) is 7.40. The normalized spacial score (nSPS) is 21.2. The molecule has 1 amide bonds. The molecule has 170 valence electrons. The molecule has 4 N–H and O–H groups in total. The summed E-state index contributed by atoms with van der Waals surface area (Å²) < 4.78 is 80.6. The summed E-state index contributed by atoms with van der Waals surface area (Å²) in [5, 5.41) is 11.4. The maximum Gasteiger partial charge on any atom is 0.418 e. The van der Waals surface area contributed by atoms with Crippen LogP contribution in [0.1, 0.15) is 12.0 Å². The third-order valence-electron chi connectivity index (χ3n) is 5.19. The molecule has 3 rings (SSSR count). The number of piperidine rings is 1. The Balaban J connectivity index is 2.00. The fourth-order valence-electron chi connectivity index (χ4n) is 3.69. The summed E-state index contributed by atoms with van der Waals surface area (Å²) in [5.41, 5.74) is 4.21. The molecule has 1 aliphatic rings. The fourth-order valence-corrected chi connectivity index (χ4v) is 3.69. The Morgan fingerprint density at radius 3 is 2.55 bits per heavy atom. The van der Waals surface area contributed by atoms with E-state index >= 15 is 0 Å². The van der Waals surface area contributed by atoms with Gasteiger partial charge in [-0.1, -0.05) is 0 Å². The van der Waals surface area contributed by atoms with Gasteiger partial charge in [-0.05, 0) is 30.7 Å². The van der Waals surface area contributed by atoms with Gasteiger partial charge in [0, 0.05) is 36.4 Å². The van der Waals surface area contributed by atoms with E-state index in [4.69, 9.17) is 10.8 Å². The van der Waals surface area contributed by atoms with Gasteiger partial charge in [-0.15, -0.1) is 0 Å². The number of benzene rings is 1. The number of alkyl halides is 6. The molecule has 6 nitrogen and oxygen atoms in total. The summed E-state index contributed by atoms with van der Waals surface area (Å²) in [6, 6.07) is 2.40. The van der Waals surface area contributed by atoms with Crippen molar-refractivity contribution >= 4 is 22.5 Å². The van der Waals surface area contributed by atoms with Crippen molar-refractivity contribution in [3.63, 3.8) is 0 Å². The van der Waals surface area contributed by atoms with Gasteiger partial charge < -0.3 is 21.1 Å². The molecule has 3 atom stereocenters. The number of anilines is 1. The molecule has 1 aromatic heterocycles. The fraction of sp³-hybridized carbons (Fsp3) is 0.474. The van der Waals surface area contributed by atoms with Gasteiger partial charge in [0.05, 0.1) is 23.6 Å². The highest BCUT2D eigenvalue weighted by atomic mass is 19.4. The van der Waals surface area contributed by atoms with Crippen LogP contribution in [0.25, 0.3) is 10.9 Å². The van der Waals surface area contributed by atoms with Gasteiger partial charge >= 0.3 is 12.4 Å². The first-order chi connectivity index (χ1) is 14.4. The average molecular weight is 450 g/mol. The lowest BCUT2D eigenvalue weighted by Crippen LogP contribution is -2.56. The number of nitrogens with zero attached hydrogens (tertiary/aromatic N) is 2. The van der Waals surface area contributed by atoms with Crippen LogP contribution >= 0.6 is 0 Å². The molecule has 0 saturated carbocycles. The quantitative estimate of drug-likeness (QED) is 0.623. The van der Waals surface area contributed by atoms with E-state index < -0.39 is 61.4 Å². The Bertz CT molecular complexity index is 949. The molecule has 2 aromatic rings. The SMILES string of the molecule is NC(CO)C(=O)N[C@@H]1C[C@H](C(F)(F)F)CN(c2ccc(C(F)(F)F)c3ncccc23)C1. The lowest BCUT2D eigenvalue weighted by molar-refractivity contribution is -0.178. The highest BCUT2D eigenvalue weighted by Crippen LogP contribution is 2.40. The molecular formula is C19H20F6N4O2. The number of amides is 1. The molecule has 1 aliphatic heterocycles. The number of carbonyl (C=O) groups excluding carboxylic acids is 1. The average Bonchev–Trinajstić information content (AvgIpc) is 2.70. The Morgan fingerprint density at radius 1 is 1.23 bits per heavy atom. The van der Waals surface area contributed by atoms with Crippen molar-refractivity contribution in [1.29, 1.82) is 0 Å². The standard InChI is InChI=1S/C19H20F6N4O2/c20-18(21,22)10-6-11(28-17(31)14(26)9-30)8-29(7-10)15-4-3-13(19(23,24)25)16-12(15)2-1-5-27-16/h1-5,10-11,14,30H,6-9,26H2,(H,28,31)/t10-,11+,14?/m0/s1. The highest BCUT2D eigenvalue weighted by Gasteiger charge is 2.45. The van der Waals surface area contributed by atoms with Crippen LogP contribution in [0.15, 0.2) is 30.5 Å². The van der Waals surface area contributed by atoms with Crippen molar-refractivity contribution in [1.82, 2.24) is 10.3 Å². The van der Waals surface area contributed by atoms with E-state index in [-0.39, 0.29) is 23.1 Å². The molecule has 0 spiro atoms. The van der Waals surface area contributed by atoms with Crippen molar-refractivity contribution < 1.29 is 36.2 Å². The number of pyridine rings is 1. The third kappa shape index (κ3) is 5.01. The predicted octanol–water partition coefficient (Wildman–Crippen LogP) is 2.45. The van der Waals surface area contributed by atoms with Crippen LogP contribution in [0, 0.1) is 5.92 Å². The van der Waals surface area contributed by atoms with Crippen LogP contribution in [0.4, 0.5) is 32.0 Å². The molecule has 0 aliphatic carbocycles. The first-order valence-corrected chi connectivity index (χ1v) is 9.35. The number of nitrogens with two attached hydrogens (primary N) is 1. The number of hydrogen-bond donors (Lipinski definition) is 3. The van der Waals surface area contributed by atoms with Crippen molar-refractivity contribution in [3.8, 4) is 0 Å². The second-order valence-electron chi connectivity index (χ2n) is 7.40. The highest BCUT2D eigenvalue weighted by molar-refractivity contribution is 5.94. The van der Waals surface area contributed by atoms with Gasteiger partial charge in [0.25, 0.3) is 0 Å². The third-order valence-corrected chi connectivity index (χ3v) is 5.19. The van der Waals surface area contributed by atoms with E-state index in [1.165, 1.54) is 23.2 Å². The zero-order valence-electron chi connectivity index (χ0n) is 16.0. The van der Waals surface area contributed by atoms with Gasteiger partial charge in [-0.25, -0.2) is 0 Å². The molecule has 1 aromatic carbocycles. The molecule has 1 saturated heterocycles. The topological polar surface area (TPSA) is 91.5 Å². The van der Waals surface area contributed by atoms with Gasteiger partial charge in [-0.2, -0.15) is 26.3 Å². The summed E-state index contributed by atoms with van der Waals surface area (Å²) in [5.74, 6) is -2.64. The Hall–Kier alpha value is -2.60. The number of carbonyl (C=O) groups is 1. The molecule has 12 heteroatoms. The number of rotatable bonds is 4. The smallest absolute Gasteiger partial charge is 0.394 e. The molecule has 1 unspecified atom stereocenters. The molecule has 31 heavy (non-hydrogen) atoms. The van der Waals surface area contributed by atoms with E-state index in [9.17, 15) is 31.1 Å². The number of nitrogens with one attached hydrogen (secondary N) is 1. The molecule has 2 heterocycles. The Morgan fingerprint density at radius 2 is 1.94 bits per heavy atom. The van der Waals surface area contributed by atoms with Gasteiger partial charge in [-0.3, -0.25) is 9.78 Å². The maximum atomic E-state index is 13.5. The molecular weight excluding hydrogens is 430 g/mol. The number of aliphatic hydroxyl groups excluding tert-OH is 1. The summed E-state index contributed by atoms with van der Waals surface area (Å²) >= 11 is 0. The number of halogens is 6. The van der Waals surface area contributed by atoms with Crippen molar-refractivity contribution in [3.05, 3.63) is 36.0 Å². The zero-order chi connectivity index (χ0) is 23.0. The van der Waals surface area contributed by atoms with E-state index in [1.807, 2.05) is 0 Å². The minimum atomic E-state index is -4.68. The molecule has 1 fully saturated rings. The van der Waals surface area contributed by atoms with Crippen LogP contribution in [0.5, 0.6) is 0 Å². The molecule has 0 radical (unpaired) electrons. The van der Waals surface area contributed by atoms with Crippen molar-refractivity contribution in [2.24, 2.45) is 11.7 Å². The van der Waals surface area contributed by atoms with E-state index in [1.54, 1.807) is 0 Å². The predicted molar refractivity (Wildman–Crippen MR) is 100 cm³/mol. The van der Waals surface area contributed by atoms with Crippen LogP contribution in [-0.2, 0) is 11.0 Å². The van der Waals surface area contributed by atoms with Crippen molar-refractivity contribution in [2.75, 3.05) is 24.6 Å². The van der Waals surface area contributed by atoms with E-state index in [2.05, 4.69) is 10.3 Å². The number of fused-ring (bicyclic) bond motifs is 1. The summed E-state index contributed by atoms with van der Waals surface area (Å²) in [6.45, 7) is -1.25. The number of aromatic nitrogens is 1. The van der Waals surface area contributed by atoms with Crippen LogP contribution in [0.2, 0.25) is 0 Å². The van der Waals surface area contributed by atoms with Crippen LogP contribution in [0.3, 0.4) is 0 Å². The van der Waals surface area contributed by atoms with Gasteiger partial charge in [0.2, 0.25) is 5.91 Å². The van der Waals surface area contributed by atoms with Crippen LogP contribution in [-0.4, -0.2) is 54.0 Å². The Labute approximate surface area is 173 Å². The zero-order valence-corrected chi connectivity index (χ0v) is 16.0. The lowest BCUT2D eigenvalue weighted by Gasteiger charge is -2.40. The monoisotopic (exact) mass is 450 g/mol. The van der Waals surface area contributed by atoms with E-state index in [0.717, 1.165) is 12.1 Å². The largest absolute Gasteiger partial charge is 0.418 e. The van der Waals surface area contributed by atoms with Gasteiger partial charge in [0.15, 0.2) is 0 Å². The molecule has 0 bridgehead atoms.